The first kappa shape index (κ1) is 14.8. The summed E-state index contributed by atoms with van der Waals surface area (Å²) in [5, 5.41) is 13.3. The van der Waals surface area contributed by atoms with Crippen LogP contribution in [-0.4, -0.2) is 11.5 Å². The second-order valence-corrected chi connectivity index (χ2v) is 5.61. The SMILES string of the molecule is CCN(Cc1cccs1)c1ccc(CCl)cc1[N+](=O)[O-]. The van der Waals surface area contributed by atoms with Crippen molar-refractivity contribution in [2.45, 2.75) is 19.3 Å². The number of thiophene rings is 1. The minimum atomic E-state index is -0.345. The molecule has 6 heteroatoms. The Bertz CT molecular complexity index is 587. The Balaban J connectivity index is 2.35. The molecule has 0 aliphatic carbocycles. The first-order valence-corrected chi connectivity index (χ1v) is 7.67. The predicted octanol–water partition coefficient (Wildman–Crippen LogP) is 4.42. The molecule has 1 aromatic carbocycles. The number of benzene rings is 1. The molecular weight excluding hydrogens is 296 g/mol. The second kappa shape index (κ2) is 6.72. The summed E-state index contributed by atoms with van der Waals surface area (Å²) in [6.07, 6.45) is 0. The lowest BCUT2D eigenvalue weighted by molar-refractivity contribution is -0.384. The molecule has 0 saturated carbocycles. The maximum atomic E-state index is 11.3. The summed E-state index contributed by atoms with van der Waals surface area (Å²) < 4.78 is 0. The van der Waals surface area contributed by atoms with Gasteiger partial charge in [-0.05, 0) is 30.0 Å². The number of halogens is 1. The van der Waals surface area contributed by atoms with Crippen molar-refractivity contribution >= 4 is 34.3 Å². The van der Waals surface area contributed by atoms with Crippen molar-refractivity contribution in [2.75, 3.05) is 11.4 Å². The van der Waals surface area contributed by atoms with Gasteiger partial charge < -0.3 is 4.90 Å². The molecule has 2 rings (SSSR count). The molecule has 0 saturated heterocycles. The van der Waals surface area contributed by atoms with Crippen molar-refractivity contribution in [3.63, 3.8) is 0 Å². The predicted molar refractivity (Wildman–Crippen MR) is 83.7 cm³/mol. The highest BCUT2D eigenvalue weighted by Crippen LogP contribution is 2.31. The molecule has 20 heavy (non-hydrogen) atoms. The Morgan fingerprint density at radius 2 is 2.20 bits per heavy atom. The van der Waals surface area contributed by atoms with Crippen molar-refractivity contribution in [3.05, 3.63) is 56.3 Å². The molecule has 0 fully saturated rings. The van der Waals surface area contributed by atoms with E-state index in [9.17, 15) is 10.1 Å². The van der Waals surface area contributed by atoms with E-state index in [0.717, 1.165) is 5.56 Å². The van der Waals surface area contributed by atoms with Gasteiger partial charge in [-0.1, -0.05) is 12.1 Å². The zero-order valence-electron chi connectivity index (χ0n) is 11.1. The van der Waals surface area contributed by atoms with Crippen molar-refractivity contribution in [2.24, 2.45) is 0 Å². The van der Waals surface area contributed by atoms with E-state index < -0.39 is 0 Å². The Hall–Kier alpha value is -1.59. The summed E-state index contributed by atoms with van der Waals surface area (Å²) in [5.41, 5.74) is 1.51. The maximum Gasteiger partial charge on any atom is 0.292 e. The molecule has 4 nitrogen and oxygen atoms in total. The molecule has 0 spiro atoms. The van der Waals surface area contributed by atoms with E-state index in [1.807, 2.05) is 35.4 Å². The van der Waals surface area contributed by atoms with Crippen LogP contribution in [0.1, 0.15) is 17.4 Å². The van der Waals surface area contributed by atoms with Gasteiger partial charge in [0.2, 0.25) is 0 Å². The standard InChI is InChI=1S/C14H15ClN2O2S/c1-2-16(10-12-4-3-7-20-12)13-6-5-11(9-15)8-14(13)17(18)19/h3-8H,2,9-10H2,1H3. The number of alkyl halides is 1. The molecule has 0 amide bonds. The van der Waals surface area contributed by atoms with Crippen molar-refractivity contribution in [1.29, 1.82) is 0 Å². The summed E-state index contributed by atoms with van der Waals surface area (Å²) >= 11 is 7.40. The first-order valence-electron chi connectivity index (χ1n) is 6.26. The Labute approximate surface area is 126 Å². The number of nitrogens with zero attached hydrogens (tertiary/aromatic N) is 2. The van der Waals surface area contributed by atoms with Crippen LogP contribution in [0.4, 0.5) is 11.4 Å². The minimum Gasteiger partial charge on any atom is -0.361 e. The highest BCUT2D eigenvalue weighted by molar-refractivity contribution is 7.09. The normalized spacial score (nSPS) is 10.5. The van der Waals surface area contributed by atoms with E-state index in [0.29, 0.717) is 18.8 Å². The van der Waals surface area contributed by atoms with Gasteiger partial charge in [-0.25, -0.2) is 0 Å². The van der Waals surface area contributed by atoms with Crippen LogP contribution in [0.2, 0.25) is 0 Å². The smallest absolute Gasteiger partial charge is 0.292 e. The second-order valence-electron chi connectivity index (χ2n) is 4.31. The number of rotatable bonds is 6. The van der Waals surface area contributed by atoms with Gasteiger partial charge in [-0.3, -0.25) is 10.1 Å². The lowest BCUT2D eigenvalue weighted by atomic mass is 10.1. The van der Waals surface area contributed by atoms with Crippen LogP contribution in [0, 0.1) is 10.1 Å². The largest absolute Gasteiger partial charge is 0.361 e. The van der Waals surface area contributed by atoms with Crippen LogP contribution in [-0.2, 0) is 12.4 Å². The van der Waals surface area contributed by atoms with Crippen molar-refractivity contribution in [1.82, 2.24) is 0 Å². The fourth-order valence-corrected chi connectivity index (χ4v) is 2.91. The first-order chi connectivity index (χ1) is 9.65. The highest BCUT2D eigenvalue weighted by Gasteiger charge is 2.19. The van der Waals surface area contributed by atoms with Gasteiger partial charge in [0.25, 0.3) is 5.69 Å². The molecule has 0 N–H and O–H groups in total. The molecule has 1 heterocycles. The summed E-state index contributed by atoms with van der Waals surface area (Å²) in [5.74, 6) is 0.276. The fraction of sp³-hybridized carbons (Fsp3) is 0.286. The van der Waals surface area contributed by atoms with Crippen LogP contribution in [0.3, 0.4) is 0 Å². The molecule has 106 valence electrons. The van der Waals surface area contributed by atoms with E-state index in [1.165, 1.54) is 4.88 Å². The third-order valence-electron chi connectivity index (χ3n) is 3.04. The van der Waals surface area contributed by atoms with Crippen LogP contribution in [0.15, 0.2) is 35.7 Å². The number of hydrogen-bond donors (Lipinski definition) is 0. The molecule has 0 aliphatic rings. The average molecular weight is 311 g/mol. The third kappa shape index (κ3) is 3.29. The molecule has 0 atom stereocenters. The van der Waals surface area contributed by atoms with E-state index in [4.69, 9.17) is 11.6 Å². The molecular formula is C14H15ClN2O2S. The van der Waals surface area contributed by atoms with Gasteiger partial charge in [-0.2, -0.15) is 0 Å². The maximum absolute atomic E-state index is 11.3. The van der Waals surface area contributed by atoms with E-state index in [2.05, 4.69) is 0 Å². The molecule has 1 aromatic heterocycles. The van der Waals surface area contributed by atoms with Gasteiger partial charge >= 0.3 is 0 Å². The summed E-state index contributed by atoms with van der Waals surface area (Å²) in [7, 11) is 0. The van der Waals surface area contributed by atoms with Crippen molar-refractivity contribution < 1.29 is 4.92 Å². The van der Waals surface area contributed by atoms with Crippen LogP contribution in [0.5, 0.6) is 0 Å². The lowest BCUT2D eigenvalue weighted by Gasteiger charge is -2.22. The van der Waals surface area contributed by atoms with Gasteiger partial charge in [-0.15, -0.1) is 22.9 Å². The quantitative estimate of drug-likeness (QED) is 0.451. The van der Waals surface area contributed by atoms with Gasteiger partial charge in [0.05, 0.1) is 11.5 Å². The Morgan fingerprint density at radius 3 is 2.75 bits per heavy atom. The third-order valence-corrected chi connectivity index (χ3v) is 4.21. The van der Waals surface area contributed by atoms with E-state index >= 15 is 0 Å². The van der Waals surface area contributed by atoms with Gasteiger partial charge in [0, 0.05) is 23.4 Å². The van der Waals surface area contributed by atoms with Gasteiger partial charge in [0.15, 0.2) is 0 Å². The average Bonchev–Trinajstić information content (AvgIpc) is 2.97. The minimum absolute atomic E-state index is 0.113. The lowest BCUT2D eigenvalue weighted by Crippen LogP contribution is -2.22. The van der Waals surface area contributed by atoms with E-state index in [1.54, 1.807) is 23.5 Å². The molecule has 0 aliphatic heterocycles. The molecule has 0 radical (unpaired) electrons. The number of nitro benzene ring substituents is 1. The van der Waals surface area contributed by atoms with Crippen LogP contribution in [0.25, 0.3) is 0 Å². The van der Waals surface area contributed by atoms with E-state index in [-0.39, 0.29) is 16.5 Å². The van der Waals surface area contributed by atoms with Crippen molar-refractivity contribution in [3.8, 4) is 0 Å². The zero-order valence-corrected chi connectivity index (χ0v) is 12.7. The monoisotopic (exact) mass is 310 g/mol. The summed E-state index contributed by atoms with van der Waals surface area (Å²) in [6.45, 7) is 3.38. The number of anilines is 1. The fourth-order valence-electron chi connectivity index (χ4n) is 2.02. The highest BCUT2D eigenvalue weighted by atomic mass is 35.5. The number of hydrogen-bond acceptors (Lipinski definition) is 4. The number of nitro groups is 1. The summed E-state index contributed by atoms with van der Waals surface area (Å²) in [6, 6.07) is 9.20. The Kier molecular flexibility index (Phi) is 4.98. The van der Waals surface area contributed by atoms with Crippen LogP contribution >= 0.6 is 22.9 Å². The Morgan fingerprint density at radius 1 is 1.40 bits per heavy atom. The summed E-state index contributed by atoms with van der Waals surface area (Å²) in [4.78, 5) is 14.1. The van der Waals surface area contributed by atoms with Crippen LogP contribution < -0.4 is 4.90 Å². The van der Waals surface area contributed by atoms with Gasteiger partial charge in [0.1, 0.15) is 5.69 Å². The zero-order chi connectivity index (χ0) is 14.5. The molecule has 0 unspecified atom stereocenters. The molecule has 2 aromatic rings. The topological polar surface area (TPSA) is 46.4 Å². The molecule has 0 bridgehead atoms.